The highest BCUT2D eigenvalue weighted by atomic mass is 35.5. The molecule has 0 fully saturated rings. The van der Waals surface area contributed by atoms with Crippen molar-refractivity contribution in [2.75, 3.05) is 6.61 Å². The molecule has 1 aromatic carbocycles. The van der Waals surface area contributed by atoms with E-state index < -0.39 is 5.95 Å². The molecule has 0 aliphatic heterocycles. The summed E-state index contributed by atoms with van der Waals surface area (Å²) in [5.41, 5.74) is 0.644. The number of ether oxygens (including phenoxy) is 1. The molecule has 0 saturated carbocycles. The lowest BCUT2D eigenvalue weighted by Gasteiger charge is -2.04. The highest BCUT2D eigenvalue weighted by Gasteiger charge is 2.08. The van der Waals surface area contributed by atoms with Gasteiger partial charge in [-0.3, -0.25) is 0 Å². The van der Waals surface area contributed by atoms with Gasteiger partial charge in [-0.1, -0.05) is 29.8 Å². The maximum atomic E-state index is 9.60. The SMILES string of the molecule is CCOC(O)=C(C#N)C=CC(=C(C#N)C#N)c1ccc(Cl)cc1. The van der Waals surface area contributed by atoms with Crippen LogP contribution in [0.4, 0.5) is 0 Å². The monoisotopic (exact) mass is 325 g/mol. The molecule has 23 heavy (non-hydrogen) atoms. The minimum absolute atomic E-state index is 0.117. The Balaban J connectivity index is 3.38. The van der Waals surface area contributed by atoms with Crippen molar-refractivity contribution in [2.24, 2.45) is 0 Å². The Morgan fingerprint density at radius 3 is 2.22 bits per heavy atom. The van der Waals surface area contributed by atoms with E-state index in [9.17, 15) is 5.11 Å². The summed E-state index contributed by atoms with van der Waals surface area (Å²) in [6.45, 7) is 1.86. The van der Waals surface area contributed by atoms with E-state index in [1.807, 2.05) is 0 Å². The summed E-state index contributed by atoms with van der Waals surface area (Å²) >= 11 is 5.83. The number of benzene rings is 1. The van der Waals surface area contributed by atoms with Gasteiger partial charge in [0.15, 0.2) is 0 Å². The second kappa shape index (κ2) is 8.95. The summed E-state index contributed by atoms with van der Waals surface area (Å²) in [6.07, 6.45) is 2.68. The van der Waals surface area contributed by atoms with Crippen LogP contribution in [0.1, 0.15) is 12.5 Å². The first-order chi connectivity index (χ1) is 11.1. The molecular weight excluding hydrogens is 314 g/mol. The summed E-state index contributed by atoms with van der Waals surface area (Å²) in [7, 11) is 0. The third-order valence-electron chi connectivity index (χ3n) is 2.70. The van der Waals surface area contributed by atoms with E-state index in [-0.39, 0.29) is 17.8 Å². The van der Waals surface area contributed by atoms with E-state index >= 15 is 0 Å². The lowest BCUT2D eigenvalue weighted by atomic mass is 10.00. The minimum atomic E-state index is -0.517. The average Bonchev–Trinajstić information content (AvgIpc) is 2.56. The normalized spacial score (nSPS) is 10.9. The molecule has 0 saturated heterocycles. The molecule has 0 bridgehead atoms. The second-order valence-corrected chi connectivity index (χ2v) is 4.55. The molecule has 0 aliphatic carbocycles. The van der Waals surface area contributed by atoms with Crippen molar-refractivity contribution < 1.29 is 9.84 Å². The molecule has 0 amide bonds. The Morgan fingerprint density at radius 1 is 1.13 bits per heavy atom. The van der Waals surface area contributed by atoms with Crippen LogP contribution in [-0.2, 0) is 4.74 Å². The van der Waals surface area contributed by atoms with Crippen LogP contribution < -0.4 is 0 Å². The Kier molecular flexibility index (Phi) is 6.95. The van der Waals surface area contributed by atoms with E-state index in [1.165, 1.54) is 12.2 Å². The van der Waals surface area contributed by atoms with Gasteiger partial charge in [-0.2, -0.15) is 15.8 Å². The van der Waals surface area contributed by atoms with Crippen molar-refractivity contribution in [1.29, 1.82) is 15.8 Å². The lowest BCUT2D eigenvalue weighted by Crippen LogP contribution is -1.94. The van der Waals surface area contributed by atoms with Gasteiger partial charge in [0.1, 0.15) is 29.4 Å². The van der Waals surface area contributed by atoms with E-state index in [0.29, 0.717) is 16.2 Å². The van der Waals surface area contributed by atoms with Crippen molar-refractivity contribution in [2.45, 2.75) is 6.92 Å². The van der Waals surface area contributed by atoms with Gasteiger partial charge >= 0.3 is 0 Å². The Labute approximate surface area is 139 Å². The highest BCUT2D eigenvalue weighted by molar-refractivity contribution is 6.30. The number of nitriles is 3. The fourth-order valence-electron chi connectivity index (χ4n) is 1.64. The number of allylic oxidation sites excluding steroid dienone is 5. The molecular formula is C17H12ClN3O2. The summed E-state index contributed by atoms with van der Waals surface area (Å²) in [4.78, 5) is 0. The summed E-state index contributed by atoms with van der Waals surface area (Å²) in [5, 5.41) is 37.3. The topological polar surface area (TPSA) is 101 Å². The van der Waals surface area contributed by atoms with Gasteiger partial charge in [-0.05, 0) is 30.7 Å². The minimum Gasteiger partial charge on any atom is -0.480 e. The summed E-state index contributed by atoms with van der Waals surface area (Å²) in [6, 6.07) is 11.9. The van der Waals surface area contributed by atoms with Crippen LogP contribution >= 0.6 is 11.6 Å². The van der Waals surface area contributed by atoms with Crippen LogP contribution in [0.25, 0.3) is 5.57 Å². The molecule has 0 heterocycles. The van der Waals surface area contributed by atoms with Gasteiger partial charge in [0.25, 0.3) is 5.95 Å². The molecule has 5 nitrogen and oxygen atoms in total. The predicted molar refractivity (Wildman–Crippen MR) is 85.6 cm³/mol. The highest BCUT2D eigenvalue weighted by Crippen LogP contribution is 2.23. The maximum absolute atomic E-state index is 9.60. The molecule has 114 valence electrons. The molecule has 0 spiro atoms. The zero-order valence-electron chi connectivity index (χ0n) is 12.2. The van der Waals surface area contributed by atoms with Crippen LogP contribution in [0.15, 0.2) is 53.5 Å². The maximum Gasteiger partial charge on any atom is 0.295 e. The van der Waals surface area contributed by atoms with Crippen LogP contribution in [0, 0.1) is 34.0 Å². The van der Waals surface area contributed by atoms with Gasteiger partial charge in [-0.15, -0.1) is 0 Å². The summed E-state index contributed by atoms with van der Waals surface area (Å²) < 4.78 is 4.86. The van der Waals surface area contributed by atoms with Crippen molar-refractivity contribution >= 4 is 17.2 Å². The summed E-state index contributed by atoms with van der Waals surface area (Å²) in [5.74, 6) is -0.517. The largest absolute Gasteiger partial charge is 0.480 e. The fraction of sp³-hybridized carbons (Fsp3) is 0.118. The predicted octanol–water partition coefficient (Wildman–Crippen LogP) is 4.03. The lowest BCUT2D eigenvalue weighted by molar-refractivity contribution is 0.100. The molecule has 6 heteroatoms. The van der Waals surface area contributed by atoms with Crippen molar-refractivity contribution in [3.05, 3.63) is 64.1 Å². The molecule has 0 radical (unpaired) electrons. The van der Waals surface area contributed by atoms with E-state index in [2.05, 4.69) is 0 Å². The van der Waals surface area contributed by atoms with Crippen molar-refractivity contribution in [3.8, 4) is 18.2 Å². The molecule has 0 unspecified atom stereocenters. The molecule has 0 aromatic heterocycles. The number of nitrogens with zero attached hydrogens (tertiary/aromatic N) is 3. The first-order valence-electron chi connectivity index (χ1n) is 6.52. The Bertz CT molecular complexity index is 769. The standard InChI is InChI=1S/C17H12ClN3O2/c1-2-23-17(22)13(9-19)5-8-16(14(10-20)11-21)12-3-6-15(18)7-4-12/h3-8,22H,2H2,1H3. The van der Waals surface area contributed by atoms with Crippen LogP contribution in [0.3, 0.4) is 0 Å². The number of aliphatic hydroxyl groups is 1. The molecule has 1 N–H and O–H groups in total. The van der Waals surface area contributed by atoms with Gasteiger partial charge in [-0.25, -0.2) is 0 Å². The second-order valence-electron chi connectivity index (χ2n) is 4.12. The Morgan fingerprint density at radius 2 is 1.74 bits per heavy atom. The van der Waals surface area contributed by atoms with E-state index in [0.717, 1.165) is 0 Å². The van der Waals surface area contributed by atoms with Crippen LogP contribution in [0.2, 0.25) is 5.02 Å². The van der Waals surface area contributed by atoms with Crippen molar-refractivity contribution in [3.63, 3.8) is 0 Å². The van der Waals surface area contributed by atoms with Gasteiger partial charge in [0, 0.05) is 10.6 Å². The third kappa shape index (κ3) is 4.93. The van der Waals surface area contributed by atoms with E-state index in [1.54, 1.807) is 49.4 Å². The van der Waals surface area contributed by atoms with E-state index in [4.69, 9.17) is 32.1 Å². The van der Waals surface area contributed by atoms with Crippen LogP contribution in [-0.4, -0.2) is 11.7 Å². The fourth-order valence-corrected chi connectivity index (χ4v) is 1.76. The number of halogens is 1. The zero-order valence-corrected chi connectivity index (χ0v) is 13.0. The average molecular weight is 326 g/mol. The zero-order chi connectivity index (χ0) is 17.2. The molecule has 0 aliphatic rings. The van der Waals surface area contributed by atoms with Gasteiger partial charge in [0.2, 0.25) is 0 Å². The Hall–Kier alpha value is -3.20. The first kappa shape index (κ1) is 17.9. The number of rotatable bonds is 5. The number of hydrogen-bond donors (Lipinski definition) is 1. The molecule has 1 rings (SSSR count). The molecule has 1 aromatic rings. The van der Waals surface area contributed by atoms with Crippen molar-refractivity contribution in [1.82, 2.24) is 0 Å². The smallest absolute Gasteiger partial charge is 0.295 e. The number of hydrogen-bond acceptors (Lipinski definition) is 5. The van der Waals surface area contributed by atoms with Gasteiger partial charge in [0.05, 0.1) is 6.61 Å². The molecule has 0 atom stereocenters. The third-order valence-corrected chi connectivity index (χ3v) is 2.95. The van der Waals surface area contributed by atoms with Crippen LogP contribution in [0.5, 0.6) is 0 Å². The van der Waals surface area contributed by atoms with Gasteiger partial charge < -0.3 is 9.84 Å². The first-order valence-corrected chi connectivity index (χ1v) is 6.89. The number of aliphatic hydroxyl groups excluding tert-OH is 1. The quantitative estimate of drug-likeness (QED) is 0.500.